The van der Waals surface area contributed by atoms with Gasteiger partial charge in [-0.1, -0.05) is 35.5 Å². The van der Waals surface area contributed by atoms with Crippen LogP contribution >= 0.6 is 23.4 Å². The second kappa shape index (κ2) is 10.0. The highest BCUT2D eigenvalue weighted by Crippen LogP contribution is 2.15. The summed E-state index contributed by atoms with van der Waals surface area (Å²) in [6.45, 7) is 0.506. The molecule has 0 aliphatic heterocycles. The molecular formula is C19H19ClN6O2S. The molecule has 29 heavy (non-hydrogen) atoms. The molecule has 10 heteroatoms. The Morgan fingerprint density at radius 2 is 1.97 bits per heavy atom. The molecule has 0 spiro atoms. The van der Waals surface area contributed by atoms with Crippen molar-refractivity contribution in [2.75, 3.05) is 17.6 Å². The smallest absolute Gasteiger partial charge is 0.251 e. The van der Waals surface area contributed by atoms with Crippen molar-refractivity contribution in [2.24, 2.45) is 7.05 Å². The molecule has 0 fully saturated rings. The Bertz CT molecular complexity index is 992. The number of benzene rings is 2. The number of amides is 2. The predicted molar refractivity (Wildman–Crippen MR) is 112 cm³/mol. The van der Waals surface area contributed by atoms with Gasteiger partial charge in [-0.3, -0.25) is 9.59 Å². The predicted octanol–water partition coefficient (Wildman–Crippen LogP) is 2.57. The number of nitrogens with one attached hydrogen (secondary N) is 2. The van der Waals surface area contributed by atoms with Gasteiger partial charge in [0.1, 0.15) is 0 Å². The summed E-state index contributed by atoms with van der Waals surface area (Å²) in [6.07, 6.45) is 0.694. The first-order valence-electron chi connectivity index (χ1n) is 8.79. The topological polar surface area (TPSA) is 102 Å². The maximum atomic E-state index is 12.3. The van der Waals surface area contributed by atoms with Crippen LogP contribution in [0.4, 0.5) is 5.69 Å². The highest BCUT2D eigenvalue weighted by Gasteiger charge is 2.09. The summed E-state index contributed by atoms with van der Waals surface area (Å²) < 4.78 is 1.50. The normalized spacial score (nSPS) is 10.6. The van der Waals surface area contributed by atoms with Gasteiger partial charge in [0.15, 0.2) is 0 Å². The molecule has 0 saturated carbocycles. The molecule has 1 heterocycles. The van der Waals surface area contributed by atoms with Crippen LogP contribution in [0, 0.1) is 0 Å². The SMILES string of the molecule is Cn1nnnc1SCC(=O)Nc1ccc(C(=O)NCCc2cccc(Cl)c2)cc1. The molecule has 2 amide bonds. The Hall–Kier alpha value is -2.91. The summed E-state index contributed by atoms with van der Waals surface area (Å²) in [7, 11) is 1.71. The van der Waals surface area contributed by atoms with E-state index in [-0.39, 0.29) is 17.6 Å². The summed E-state index contributed by atoms with van der Waals surface area (Å²) in [4.78, 5) is 24.3. The Morgan fingerprint density at radius 1 is 1.17 bits per heavy atom. The van der Waals surface area contributed by atoms with Crippen LogP contribution in [-0.4, -0.2) is 44.3 Å². The maximum absolute atomic E-state index is 12.3. The van der Waals surface area contributed by atoms with Crippen LogP contribution in [0.5, 0.6) is 0 Å². The van der Waals surface area contributed by atoms with Crippen molar-refractivity contribution < 1.29 is 9.59 Å². The van der Waals surface area contributed by atoms with Gasteiger partial charge in [-0.2, -0.15) is 0 Å². The number of halogens is 1. The van der Waals surface area contributed by atoms with Crippen molar-refractivity contribution in [1.29, 1.82) is 0 Å². The Labute approximate surface area is 177 Å². The monoisotopic (exact) mass is 430 g/mol. The molecular weight excluding hydrogens is 412 g/mol. The van der Waals surface area contributed by atoms with Gasteiger partial charge >= 0.3 is 0 Å². The third kappa shape index (κ3) is 6.30. The van der Waals surface area contributed by atoms with Gasteiger partial charge in [0.05, 0.1) is 5.75 Å². The van der Waals surface area contributed by atoms with Crippen LogP contribution in [0.25, 0.3) is 0 Å². The number of aromatic nitrogens is 4. The lowest BCUT2D eigenvalue weighted by Gasteiger charge is -2.08. The first-order chi connectivity index (χ1) is 14.0. The highest BCUT2D eigenvalue weighted by atomic mass is 35.5. The van der Waals surface area contributed by atoms with E-state index < -0.39 is 0 Å². The zero-order valence-electron chi connectivity index (χ0n) is 15.6. The zero-order valence-corrected chi connectivity index (χ0v) is 17.2. The molecule has 0 radical (unpaired) electrons. The number of nitrogens with zero attached hydrogens (tertiary/aromatic N) is 4. The van der Waals surface area contributed by atoms with E-state index in [2.05, 4.69) is 26.2 Å². The minimum Gasteiger partial charge on any atom is -0.352 e. The van der Waals surface area contributed by atoms with Crippen LogP contribution in [0.2, 0.25) is 5.02 Å². The standard InChI is InChI=1S/C19H19ClN6O2S/c1-26-19(23-24-25-26)29-12-17(27)22-16-7-5-14(6-8-16)18(28)21-10-9-13-3-2-4-15(20)11-13/h2-8,11H,9-10,12H2,1H3,(H,21,28)(H,22,27). The van der Waals surface area contributed by atoms with Gasteiger partial charge in [-0.15, -0.1) is 5.10 Å². The van der Waals surface area contributed by atoms with Gasteiger partial charge in [0.2, 0.25) is 11.1 Å². The first kappa shape index (κ1) is 20.8. The second-order valence-electron chi connectivity index (χ2n) is 6.14. The molecule has 0 unspecified atom stereocenters. The maximum Gasteiger partial charge on any atom is 0.251 e. The fourth-order valence-corrected chi connectivity index (χ4v) is 3.35. The van der Waals surface area contributed by atoms with Crippen molar-refractivity contribution in [2.45, 2.75) is 11.6 Å². The quantitative estimate of drug-likeness (QED) is 0.532. The van der Waals surface area contributed by atoms with Gasteiger partial charge in [0, 0.05) is 29.9 Å². The van der Waals surface area contributed by atoms with Crippen LogP contribution in [0.15, 0.2) is 53.7 Å². The van der Waals surface area contributed by atoms with Crippen LogP contribution < -0.4 is 10.6 Å². The number of aryl methyl sites for hydroxylation is 1. The number of hydrogen-bond acceptors (Lipinski definition) is 6. The average molecular weight is 431 g/mol. The Morgan fingerprint density at radius 3 is 2.66 bits per heavy atom. The molecule has 2 aromatic carbocycles. The van der Waals surface area contributed by atoms with Crippen LogP contribution in [0.3, 0.4) is 0 Å². The number of carbonyl (C=O) groups excluding carboxylic acids is 2. The molecule has 0 aliphatic rings. The largest absolute Gasteiger partial charge is 0.352 e. The lowest BCUT2D eigenvalue weighted by atomic mass is 10.1. The summed E-state index contributed by atoms with van der Waals surface area (Å²) in [6, 6.07) is 14.3. The number of rotatable bonds is 8. The van der Waals surface area contributed by atoms with Gasteiger partial charge < -0.3 is 10.6 Å². The second-order valence-corrected chi connectivity index (χ2v) is 7.51. The molecule has 3 rings (SSSR count). The van der Waals surface area contributed by atoms with E-state index >= 15 is 0 Å². The molecule has 0 bridgehead atoms. The number of anilines is 1. The summed E-state index contributed by atoms with van der Waals surface area (Å²) in [5, 5.41) is 17.9. The molecule has 1 aromatic heterocycles. The third-order valence-electron chi connectivity index (χ3n) is 3.93. The van der Waals surface area contributed by atoms with E-state index in [4.69, 9.17) is 11.6 Å². The van der Waals surface area contributed by atoms with E-state index in [0.29, 0.717) is 34.4 Å². The van der Waals surface area contributed by atoms with Gasteiger partial charge in [-0.05, 0) is 58.8 Å². The van der Waals surface area contributed by atoms with Crippen molar-refractivity contribution in [3.05, 3.63) is 64.7 Å². The van der Waals surface area contributed by atoms with Crippen LogP contribution in [-0.2, 0) is 18.3 Å². The summed E-state index contributed by atoms with van der Waals surface area (Å²) >= 11 is 7.20. The van der Waals surface area contributed by atoms with E-state index in [0.717, 1.165) is 5.56 Å². The number of hydrogen-bond donors (Lipinski definition) is 2. The van der Waals surface area contributed by atoms with Crippen LogP contribution in [0.1, 0.15) is 15.9 Å². The third-order valence-corrected chi connectivity index (χ3v) is 5.18. The fourth-order valence-electron chi connectivity index (χ4n) is 2.49. The highest BCUT2D eigenvalue weighted by molar-refractivity contribution is 7.99. The summed E-state index contributed by atoms with van der Waals surface area (Å²) in [5.41, 5.74) is 2.20. The van der Waals surface area contributed by atoms with Gasteiger partial charge in [-0.25, -0.2) is 4.68 Å². The fraction of sp³-hybridized carbons (Fsp3) is 0.211. The first-order valence-corrected chi connectivity index (χ1v) is 10.2. The van der Waals surface area contributed by atoms with Crippen molar-refractivity contribution in [1.82, 2.24) is 25.5 Å². The molecule has 3 aromatic rings. The van der Waals surface area contributed by atoms with Gasteiger partial charge in [0.25, 0.3) is 5.91 Å². The molecule has 2 N–H and O–H groups in total. The Balaban J connectivity index is 1.44. The van der Waals surface area contributed by atoms with Crippen molar-refractivity contribution in [3.63, 3.8) is 0 Å². The zero-order chi connectivity index (χ0) is 20.6. The number of thioether (sulfide) groups is 1. The van der Waals surface area contributed by atoms with E-state index in [1.54, 1.807) is 31.3 Å². The minimum absolute atomic E-state index is 0.171. The lowest BCUT2D eigenvalue weighted by molar-refractivity contribution is -0.113. The van der Waals surface area contributed by atoms with E-state index in [9.17, 15) is 9.59 Å². The lowest BCUT2D eigenvalue weighted by Crippen LogP contribution is -2.25. The molecule has 0 aliphatic carbocycles. The molecule has 0 saturated heterocycles. The van der Waals surface area contributed by atoms with Crippen molar-refractivity contribution >= 4 is 40.9 Å². The molecule has 8 nitrogen and oxygen atoms in total. The molecule has 0 atom stereocenters. The van der Waals surface area contributed by atoms with E-state index in [1.807, 2.05) is 24.3 Å². The van der Waals surface area contributed by atoms with E-state index in [1.165, 1.54) is 16.4 Å². The molecule has 150 valence electrons. The summed E-state index contributed by atoms with van der Waals surface area (Å²) in [5.74, 6) is -0.174. The number of tetrazole rings is 1. The van der Waals surface area contributed by atoms with Crippen molar-refractivity contribution in [3.8, 4) is 0 Å². The Kier molecular flexibility index (Phi) is 7.20. The minimum atomic E-state index is -0.184. The number of carbonyl (C=O) groups is 2. The average Bonchev–Trinajstić information content (AvgIpc) is 3.12.